The molecule has 1 N–H and O–H groups in total. The van der Waals surface area contributed by atoms with Crippen molar-refractivity contribution in [3.8, 4) is 0 Å². The van der Waals surface area contributed by atoms with E-state index in [0.717, 1.165) is 0 Å². The largest absolute Gasteiger partial charge is 0.388 e. The number of hydrogen-bond donors (Lipinski definition) is 1. The molecule has 1 atom stereocenters. The summed E-state index contributed by atoms with van der Waals surface area (Å²) in [6, 6.07) is 9.33. The van der Waals surface area contributed by atoms with Crippen molar-refractivity contribution in [2.45, 2.75) is 12.5 Å². The highest BCUT2D eigenvalue weighted by Crippen LogP contribution is 2.33. The first-order valence-corrected chi connectivity index (χ1v) is 6.69. The lowest BCUT2D eigenvalue weighted by Crippen LogP contribution is -2.05. The summed E-state index contributed by atoms with van der Waals surface area (Å²) in [7, 11) is 0. The van der Waals surface area contributed by atoms with Gasteiger partial charge in [0.2, 0.25) is 0 Å². The Kier molecular flexibility index (Phi) is 4.69. The number of aliphatic hydroxyl groups excluding tert-OH is 1. The van der Waals surface area contributed by atoms with Crippen LogP contribution in [0.25, 0.3) is 0 Å². The first kappa shape index (κ1) is 14.6. The third-order valence-corrected chi connectivity index (χ3v) is 3.99. The van der Waals surface area contributed by atoms with Crippen LogP contribution in [-0.4, -0.2) is 5.11 Å². The van der Waals surface area contributed by atoms with E-state index in [1.54, 1.807) is 24.3 Å². The number of benzene rings is 2. The number of aliphatic hydroxyl groups is 1. The Bertz CT molecular complexity index is 581. The lowest BCUT2D eigenvalue weighted by molar-refractivity contribution is 0.177. The third kappa shape index (κ3) is 3.21. The van der Waals surface area contributed by atoms with Crippen LogP contribution in [0.4, 0.5) is 4.39 Å². The Morgan fingerprint density at radius 1 is 1.00 bits per heavy atom. The molecule has 2 aromatic rings. The number of rotatable bonds is 3. The minimum absolute atomic E-state index is 0.0333. The smallest absolute Gasteiger partial charge is 0.127 e. The Labute approximate surface area is 125 Å². The van der Waals surface area contributed by atoms with Crippen LogP contribution >= 0.6 is 34.8 Å². The maximum Gasteiger partial charge on any atom is 0.127 e. The minimum Gasteiger partial charge on any atom is -0.388 e. The molecule has 19 heavy (non-hydrogen) atoms. The van der Waals surface area contributed by atoms with Crippen molar-refractivity contribution in [1.29, 1.82) is 0 Å². The van der Waals surface area contributed by atoms with E-state index in [2.05, 4.69) is 0 Å². The maximum absolute atomic E-state index is 13.7. The SMILES string of the molecule is OC(Cc1c(F)cccc1Cl)c1cccc(Cl)c1Cl. The van der Waals surface area contributed by atoms with Gasteiger partial charge < -0.3 is 5.11 Å². The lowest BCUT2D eigenvalue weighted by Gasteiger charge is -2.15. The molecule has 0 aliphatic heterocycles. The van der Waals surface area contributed by atoms with Crippen LogP contribution < -0.4 is 0 Å². The number of halogens is 4. The summed E-state index contributed by atoms with van der Waals surface area (Å²) < 4.78 is 13.7. The fourth-order valence-corrected chi connectivity index (χ4v) is 2.48. The summed E-state index contributed by atoms with van der Waals surface area (Å²) in [5, 5.41) is 11.0. The van der Waals surface area contributed by atoms with E-state index in [0.29, 0.717) is 10.6 Å². The molecular formula is C14H10Cl3FO. The van der Waals surface area contributed by atoms with Crippen molar-refractivity contribution in [2.75, 3.05) is 0 Å². The van der Waals surface area contributed by atoms with Crippen molar-refractivity contribution in [3.05, 3.63) is 68.4 Å². The van der Waals surface area contributed by atoms with E-state index in [1.165, 1.54) is 12.1 Å². The van der Waals surface area contributed by atoms with Gasteiger partial charge in [-0.2, -0.15) is 0 Å². The van der Waals surface area contributed by atoms with E-state index in [9.17, 15) is 9.50 Å². The molecule has 0 spiro atoms. The van der Waals surface area contributed by atoms with Gasteiger partial charge in [-0.3, -0.25) is 0 Å². The molecular weight excluding hydrogens is 310 g/mol. The Morgan fingerprint density at radius 2 is 1.63 bits per heavy atom. The van der Waals surface area contributed by atoms with Crippen molar-refractivity contribution in [1.82, 2.24) is 0 Å². The second kappa shape index (κ2) is 6.10. The molecule has 0 fully saturated rings. The highest BCUT2D eigenvalue weighted by molar-refractivity contribution is 6.42. The first-order valence-electron chi connectivity index (χ1n) is 5.55. The molecule has 0 amide bonds. The van der Waals surface area contributed by atoms with Crippen molar-refractivity contribution < 1.29 is 9.50 Å². The molecule has 2 aromatic carbocycles. The fraction of sp³-hybridized carbons (Fsp3) is 0.143. The van der Waals surface area contributed by atoms with Gasteiger partial charge in [0, 0.05) is 22.6 Å². The zero-order valence-corrected chi connectivity index (χ0v) is 12.0. The van der Waals surface area contributed by atoms with E-state index in [-0.39, 0.29) is 22.0 Å². The van der Waals surface area contributed by atoms with Gasteiger partial charge in [0.1, 0.15) is 5.82 Å². The first-order chi connectivity index (χ1) is 9.00. The molecule has 0 radical (unpaired) electrons. The summed E-state index contributed by atoms with van der Waals surface area (Å²) in [6.45, 7) is 0. The van der Waals surface area contributed by atoms with E-state index in [4.69, 9.17) is 34.8 Å². The van der Waals surface area contributed by atoms with Crippen LogP contribution in [0.5, 0.6) is 0 Å². The minimum atomic E-state index is -0.972. The fourth-order valence-electron chi connectivity index (χ4n) is 1.81. The van der Waals surface area contributed by atoms with Crippen LogP contribution in [-0.2, 0) is 6.42 Å². The van der Waals surface area contributed by atoms with Gasteiger partial charge in [-0.15, -0.1) is 0 Å². The van der Waals surface area contributed by atoms with E-state index in [1.807, 2.05) is 0 Å². The Balaban J connectivity index is 2.31. The van der Waals surface area contributed by atoms with Gasteiger partial charge >= 0.3 is 0 Å². The quantitative estimate of drug-likeness (QED) is 0.838. The van der Waals surface area contributed by atoms with Crippen LogP contribution in [0.2, 0.25) is 15.1 Å². The van der Waals surface area contributed by atoms with Crippen molar-refractivity contribution >= 4 is 34.8 Å². The molecule has 0 heterocycles. The zero-order chi connectivity index (χ0) is 14.0. The van der Waals surface area contributed by atoms with Crippen LogP contribution in [0.15, 0.2) is 36.4 Å². The standard InChI is InChI=1S/C14H10Cl3FO/c15-10-4-2-6-12(18)9(10)7-13(19)8-3-1-5-11(16)14(8)17/h1-6,13,19H,7H2. The van der Waals surface area contributed by atoms with Gasteiger partial charge in [0.15, 0.2) is 0 Å². The average Bonchev–Trinajstić information content (AvgIpc) is 2.37. The van der Waals surface area contributed by atoms with Crippen LogP contribution in [0, 0.1) is 5.82 Å². The molecule has 0 bridgehead atoms. The summed E-state index contributed by atoms with van der Waals surface area (Å²) in [6.07, 6.45) is -0.938. The lowest BCUT2D eigenvalue weighted by atomic mass is 10.0. The molecule has 0 aromatic heterocycles. The summed E-state index contributed by atoms with van der Waals surface area (Å²) in [4.78, 5) is 0. The molecule has 0 aliphatic rings. The highest BCUT2D eigenvalue weighted by atomic mass is 35.5. The zero-order valence-electron chi connectivity index (χ0n) is 9.71. The van der Waals surface area contributed by atoms with Gasteiger partial charge in [-0.25, -0.2) is 4.39 Å². The molecule has 0 saturated heterocycles. The molecule has 1 nitrogen and oxygen atoms in total. The average molecular weight is 320 g/mol. The monoisotopic (exact) mass is 318 g/mol. The van der Waals surface area contributed by atoms with Gasteiger partial charge in [-0.1, -0.05) is 53.0 Å². The molecule has 5 heteroatoms. The molecule has 100 valence electrons. The Morgan fingerprint density at radius 3 is 2.32 bits per heavy atom. The third-order valence-electron chi connectivity index (χ3n) is 2.80. The molecule has 0 aliphatic carbocycles. The normalized spacial score (nSPS) is 12.5. The van der Waals surface area contributed by atoms with Gasteiger partial charge in [0.05, 0.1) is 16.1 Å². The van der Waals surface area contributed by atoms with Gasteiger partial charge in [0.25, 0.3) is 0 Å². The summed E-state index contributed by atoms with van der Waals surface area (Å²) >= 11 is 17.8. The topological polar surface area (TPSA) is 20.2 Å². The molecule has 0 saturated carbocycles. The highest BCUT2D eigenvalue weighted by Gasteiger charge is 2.17. The van der Waals surface area contributed by atoms with Crippen molar-refractivity contribution in [2.24, 2.45) is 0 Å². The van der Waals surface area contributed by atoms with Gasteiger partial charge in [-0.05, 0) is 18.2 Å². The van der Waals surface area contributed by atoms with E-state index >= 15 is 0 Å². The molecule has 2 rings (SSSR count). The van der Waals surface area contributed by atoms with Crippen LogP contribution in [0.1, 0.15) is 17.2 Å². The van der Waals surface area contributed by atoms with Crippen LogP contribution in [0.3, 0.4) is 0 Å². The second-order valence-corrected chi connectivity index (χ2v) is 5.26. The predicted molar refractivity (Wildman–Crippen MR) is 76.5 cm³/mol. The summed E-state index contributed by atoms with van der Waals surface area (Å²) in [5.74, 6) is -0.454. The molecule has 1 unspecified atom stereocenters. The maximum atomic E-state index is 13.7. The predicted octanol–water partition coefficient (Wildman–Crippen LogP) is 5.06. The van der Waals surface area contributed by atoms with E-state index < -0.39 is 11.9 Å². The summed E-state index contributed by atoms with van der Waals surface area (Å²) in [5.41, 5.74) is 0.709. The Hall–Kier alpha value is -0.800. The second-order valence-electron chi connectivity index (χ2n) is 4.06. The van der Waals surface area contributed by atoms with Crippen molar-refractivity contribution in [3.63, 3.8) is 0 Å². The number of hydrogen-bond acceptors (Lipinski definition) is 1.